The first kappa shape index (κ1) is 18.7. The van der Waals surface area contributed by atoms with Gasteiger partial charge < -0.3 is 15.4 Å². The second kappa shape index (κ2) is 7.47. The molecule has 150 valence electrons. The van der Waals surface area contributed by atoms with Gasteiger partial charge in [0.2, 0.25) is 0 Å². The number of hydrogen-bond donors (Lipinski definition) is 1. The van der Waals surface area contributed by atoms with Crippen LogP contribution in [0.5, 0.6) is 0 Å². The van der Waals surface area contributed by atoms with Gasteiger partial charge in [0, 0.05) is 35.3 Å². The van der Waals surface area contributed by atoms with Crippen molar-refractivity contribution in [2.24, 2.45) is 5.73 Å². The van der Waals surface area contributed by atoms with Crippen molar-refractivity contribution in [2.45, 2.75) is 6.10 Å². The largest absolute Gasteiger partial charge is 0.370 e. The fourth-order valence-corrected chi connectivity index (χ4v) is 4.95. The number of ether oxygens (including phenoxy) is 1. The first-order chi connectivity index (χ1) is 14.6. The Bertz CT molecular complexity index is 1280. The molecule has 2 N–H and O–H groups in total. The summed E-state index contributed by atoms with van der Waals surface area (Å²) in [5.74, 6) is -0.672. The highest BCUT2D eigenvalue weighted by Crippen LogP contribution is 2.37. The predicted octanol–water partition coefficient (Wildman–Crippen LogP) is 3.16. The van der Waals surface area contributed by atoms with Gasteiger partial charge in [0.05, 0.1) is 13.2 Å². The summed E-state index contributed by atoms with van der Waals surface area (Å²) in [5, 5.41) is 2.61. The number of aromatic nitrogens is 2. The Labute approximate surface area is 176 Å². The number of amides is 2. The monoisotopic (exact) mass is 418 g/mol. The molecule has 0 spiro atoms. The van der Waals surface area contributed by atoms with Gasteiger partial charge in [-0.05, 0) is 17.5 Å². The van der Waals surface area contributed by atoms with Crippen LogP contribution in [0.1, 0.15) is 31.8 Å². The number of fused-ring (bicyclic) bond motifs is 2. The number of nitrogens with zero attached hydrogens (tertiary/aromatic N) is 3. The van der Waals surface area contributed by atoms with Crippen LogP contribution in [0.3, 0.4) is 0 Å². The standard InChI is InChI=1S/C22H18N4O3S/c23-20(27)19-17(15-6-3-8-25-21(15)30-19)16-12-26(10-11-29-16)22(28)18-14-5-2-1-4-13(14)7-9-24-18/h1-9,16H,10-12H2,(H2,23,27)/t16-/m1/s1. The molecule has 2 amide bonds. The maximum atomic E-state index is 13.3. The topological polar surface area (TPSA) is 98.4 Å². The van der Waals surface area contributed by atoms with E-state index in [0.717, 1.165) is 21.0 Å². The number of hydrogen-bond acceptors (Lipinski definition) is 6. The average Bonchev–Trinajstić information content (AvgIpc) is 3.18. The molecule has 1 atom stereocenters. The number of benzene rings is 1. The van der Waals surface area contributed by atoms with Gasteiger partial charge in [0.1, 0.15) is 21.5 Å². The fraction of sp³-hybridized carbons (Fsp3) is 0.182. The number of nitrogens with two attached hydrogens (primary N) is 1. The van der Waals surface area contributed by atoms with E-state index < -0.39 is 12.0 Å². The Kier molecular flexibility index (Phi) is 4.65. The Morgan fingerprint density at radius 1 is 1.07 bits per heavy atom. The van der Waals surface area contributed by atoms with E-state index in [4.69, 9.17) is 10.5 Å². The van der Waals surface area contributed by atoms with E-state index in [0.29, 0.717) is 35.8 Å². The summed E-state index contributed by atoms with van der Waals surface area (Å²) in [7, 11) is 0. The van der Waals surface area contributed by atoms with Crippen molar-refractivity contribution in [3.63, 3.8) is 0 Å². The van der Waals surface area contributed by atoms with Crippen LogP contribution in [-0.2, 0) is 4.74 Å². The van der Waals surface area contributed by atoms with E-state index in [2.05, 4.69) is 9.97 Å². The van der Waals surface area contributed by atoms with Crippen molar-refractivity contribution in [2.75, 3.05) is 19.7 Å². The lowest BCUT2D eigenvalue weighted by Crippen LogP contribution is -2.43. The van der Waals surface area contributed by atoms with Gasteiger partial charge >= 0.3 is 0 Å². The minimum Gasteiger partial charge on any atom is -0.370 e. The Balaban J connectivity index is 1.51. The van der Waals surface area contributed by atoms with Crippen LogP contribution in [0.2, 0.25) is 0 Å². The van der Waals surface area contributed by atoms with E-state index in [-0.39, 0.29) is 5.91 Å². The molecule has 4 heterocycles. The lowest BCUT2D eigenvalue weighted by Gasteiger charge is -2.33. The summed E-state index contributed by atoms with van der Waals surface area (Å²) < 4.78 is 5.98. The summed E-state index contributed by atoms with van der Waals surface area (Å²) in [6.07, 6.45) is 2.87. The molecule has 0 saturated carbocycles. The molecule has 8 heteroatoms. The zero-order valence-electron chi connectivity index (χ0n) is 15.9. The zero-order chi connectivity index (χ0) is 20.7. The molecular formula is C22H18N4O3S. The molecule has 1 fully saturated rings. The minimum atomic E-state index is -0.518. The highest BCUT2D eigenvalue weighted by atomic mass is 32.1. The lowest BCUT2D eigenvalue weighted by atomic mass is 10.0. The molecular weight excluding hydrogens is 400 g/mol. The van der Waals surface area contributed by atoms with Crippen LogP contribution in [-0.4, -0.2) is 46.4 Å². The normalized spacial score (nSPS) is 16.8. The molecule has 5 rings (SSSR count). The summed E-state index contributed by atoms with van der Waals surface area (Å²) in [6, 6.07) is 13.3. The summed E-state index contributed by atoms with van der Waals surface area (Å²) in [4.78, 5) is 37.0. The van der Waals surface area contributed by atoms with Gasteiger partial charge in [-0.2, -0.15) is 0 Å². The van der Waals surface area contributed by atoms with Gasteiger partial charge in [0.15, 0.2) is 0 Å². The van der Waals surface area contributed by atoms with E-state index >= 15 is 0 Å². The SMILES string of the molecule is NC(=O)c1sc2ncccc2c1[C@H]1CN(C(=O)c2nccc3ccccc23)CCO1. The minimum absolute atomic E-state index is 0.154. The number of carbonyl (C=O) groups is 2. The summed E-state index contributed by atoms with van der Waals surface area (Å²) in [6.45, 7) is 1.12. The molecule has 7 nitrogen and oxygen atoms in total. The number of rotatable bonds is 3. The van der Waals surface area contributed by atoms with Gasteiger partial charge in [-0.15, -0.1) is 11.3 Å². The van der Waals surface area contributed by atoms with Gasteiger partial charge in [-0.25, -0.2) is 4.98 Å². The highest BCUT2D eigenvalue weighted by Gasteiger charge is 2.32. The van der Waals surface area contributed by atoms with Crippen LogP contribution in [0, 0.1) is 0 Å². The van der Waals surface area contributed by atoms with Crippen molar-refractivity contribution in [3.05, 3.63) is 71.0 Å². The molecule has 4 aromatic rings. The van der Waals surface area contributed by atoms with E-state index in [1.807, 2.05) is 42.5 Å². The fourth-order valence-electron chi connectivity index (χ4n) is 3.90. The molecule has 1 aromatic carbocycles. The third-order valence-corrected chi connectivity index (χ3v) is 6.42. The molecule has 0 bridgehead atoms. The van der Waals surface area contributed by atoms with Crippen LogP contribution in [0.15, 0.2) is 54.9 Å². The van der Waals surface area contributed by atoms with Gasteiger partial charge in [-0.3, -0.25) is 14.6 Å². The lowest BCUT2D eigenvalue weighted by molar-refractivity contribution is -0.0223. The second-order valence-corrected chi connectivity index (χ2v) is 8.06. The molecule has 1 saturated heterocycles. The molecule has 0 unspecified atom stereocenters. The Morgan fingerprint density at radius 2 is 1.90 bits per heavy atom. The number of pyridine rings is 2. The third-order valence-electron chi connectivity index (χ3n) is 5.28. The quantitative estimate of drug-likeness (QED) is 0.551. The Hall–Kier alpha value is -3.36. The van der Waals surface area contributed by atoms with E-state index in [1.165, 1.54) is 11.3 Å². The smallest absolute Gasteiger partial charge is 0.273 e. The summed E-state index contributed by atoms with van der Waals surface area (Å²) >= 11 is 1.25. The van der Waals surface area contributed by atoms with Crippen molar-refractivity contribution in [1.82, 2.24) is 14.9 Å². The number of thiophene rings is 1. The molecule has 1 aliphatic heterocycles. The number of morpholine rings is 1. The zero-order valence-corrected chi connectivity index (χ0v) is 16.8. The molecule has 0 radical (unpaired) electrons. The second-order valence-electron chi connectivity index (χ2n) is 7.06. The predicted molar refractivity (Wildman–Crippen MR) is 114 cm³/mol. The first-order valence-electron chi connectivity index (χ1n) is 9.55. The van der Waals surface area contributed by atoms with Crippen LogP contribution < -0.4 is 5.73 Å². The molecule has 1 aliphatic rings. The van der Waals surface area contributed by atoms with Crippen molar-refractivity contribution in [1.29, 1.82) is 0 Å². The van der Waals surface area contributed by atoms with Gasteiger partial charge in [0.25, 0.3) is 11.8 Å². The third kappa shape index (κ3) is 3.10. The van der Waals surface area contributed by atoms with Crippen molar-refractivity contribution >= 4 is 44.1 Å². The van der Waals surface area contributed by atoms with Crippen molar-refractivity contribution < 1.29 is 14.3 Å². The van der Waals surface area contributed by atoms with Crippen LogP contribution in [0.25, 0.3) is 21.0 Å². The van der Waals surface area contributed by atoms with E-state index in [9.17, 15) is 9.59 Å². The maximum absolute atomic E-state index is 13.3. The van der Waals surface area contributed by atoms with Gasteiger partial charge in [-0.1, -0.05) is 30.3 Å². The highest BCUT2D eigenvalue weighted by molar-refractivity contribution is 7.20. The molecule has 30 heavy (non-hydrogen) atoms. The average molecular weight is 418 g/mol. The van der Waals surface area contributed by atoms with Crippen molar-refractivity contribution in [3.8, 4) is 0 Å². The van der Waals surface area contributed by atoms with Crippen LogP contribution >= 0.6 is 11.3 Å². The molecule has 0 aliphatic carbocycles. The number of primary amides is 1. The Morgan fingerprint density at radius 3 is 2.77 bits per heavy atom. The number of carbonyl (C=O) groups excluding carboxylic acids is 2. The first-order valence-corrected chi connectivity index (χ1v) is 10.4. The maximum Gasteiger partial charge on any atom is 0.273 e. The summed E-state index contributed by atoms with van der Waals surface area (Å²) in [5.41, 5.74) is 6.76. The van der Waals surface area contributed by atoms with E-state index in [1.54, 1.807) is 17.3 Å². The molecule has 3 aromatic heterocycles. The van der Waals surface area contributed by atoms with Crippen LogP contribution in [0.4, 0.5) is 0 Å².